The first-order valence-electron chi connectivity index (χ1n) is 5.50. The summed E-state index contributed by atoms with van der Waals surface area (Å²) < 4.78 is 13.9. The van der Waals surface area contributed by atoms with Crippen molar-refractivity contribution in [3.8, 4) is 0 Å². The topological polar surface area (TPSA) is 57.6 Å². The first kappa shape index (κ1) is 14.1. The first-order chi connectivity index (χ1) is 8.93. The molecule has 1 saturated heterocycles. The van der Waals surface area contributed by atoms with E-state index in [1.165, 1.54) is 36.9 Å². The lowest BCUT2D eigenvalue weighted by Gasteiger charge is -2.27. The summed E-state index contributed by atoms with van der Waals surface area (Å²) in [5.41, 5.74) is 0.160. The number of aliphatic carboxylic acids is 1. The van der Waals surface area contributed by atoms with Gasteiger partial charge in [0.25, 0.3) is 0 Å². The van der Waals surface area contributed by atoms with Gasteiger partial charge in [-0.25, -0.2) is 9.18 Å². The molecule has 19 heavy (non-hydrogen) atoms. The molecule has 102 valence electrons. The lowest BCUT2D eigenvalue weighted by atomic mass is 10.1. The van der Waals surface area contributed by atoms with Crippen molar-refractivity contribution < 1.29 is 19.1 Å². The van der Waals surface area contributed by atoms with Crippen molar-refractivity contribution in [1.29, 1.82) is 0 Å². The van der Waals surface area contributed by atoms with Gasteiger partial charge in [-0.3, -0.25) is 4.79 Å². The number of benzene rings is 1. The average Bonchev–Trinajstić information content (AvgIpc) is 2.73. The van der Waals surface area contributed by atoms with Crippen molar-refractivity contribution >= 4 is 35.2 Å². The van der Waals surface area contributed by atoms with Crippen LogP contribution in [0, 0.1) is 5.82 Å². The fourth-order valence-electron chi connectivity index (χ4n) is 2.05. The molecule has 1 amide bonds. The molecule has 1 aliphatic rings. The zero-order valence-electron chi connectivity index (χ0n) is 9.97. The van der Waals surface area contributed by atoms with Gasteiger partial charge in [0.05, 0.1) is 0 Å². The predicted octanol–water partition coefficient (Wildman–Crippen LogP) is 2.53. The summed E-state index contributed by atoms with van der Waals surface area (Å²) in [6, 6.07) is 3.28. The lowest BCUT2D eigenvalue weighted by molar-refractivity contribution is -0.148. The van der Waals surface area contributed by atoms with Crippen molar-refractivity contribution in [3.05, 3.63) is 34.6 Å². The third-order valence-electron chi connectivity index (χ3n) is 2.90. The summed E-state index contributed by atoms with van der Waals surface area (Å²) in [6.07, 6.45) is 0. The van der Waals surface area contributed by atoms with E-state index >= 15 is 0 Å². The molecule has 1 fully saturated rings. The second-order valence-electron chi connectivity index (χ2n) is 4.10. The van der Waals surface area contributed by atoms with E-state index in [-0.39, 0.29) is 16.3 Å². The molecule has 1 N–H and O–H groups in total. The van der Waals surface area contributed by atoms with Crippen molar-refractivity contribution in [3.63, 3.8) is 0 Å². The van der Waals surface area contributed by atoms with E-state index in [0.29, 0.717) is 0 Å². The lowest BCUT2D eigenvalue weighted by Crippen LogP contribution is -2.41. The summed E-state index contributed by atoms with van der Waals surface area (Å²) in [6.45, 7) is 1.27. The molecule has 0 radical (unpaired) electrons. The minimum absolute atomic E-state index is 0.160. The van der Waals surface area contributed by atoms with E-state index in [1.54, 1.807) is 0 Å². The van der Waals surface area contributed by atoms with Crippen LogP contribution in [-0.2, 0) is 9.59 Å². The molecular formula is C12H11ClFNO3S. The van der Waals surface area contributed by atoms with Crippen molar-refractivity contribution in [2.75, 3.05) is 5.75 Å². The third kappa shape index (κ3) is 2.55. The van der Waals surface area contributed by atoms with Crippen molar-refractivity contribution in [1.82, 2.24) is 4.90 Å². The highest BCUT2D eigenvalue weighted by molar-refractivity contribution is 7.99. The van der Waals surface area contributed by atoms with Gasteiger partial charge in [0.15, 0.2) is 0 Å². The molecule has 0 spiro atoms. The number of carbonyl (C=O) groups is 2. The minimum atomic E-state index is -1.10. The number of carboxylic acids is 1. The maximum atomic E-state index is 13.9. The Labute approximate surface area is 118 Å². The SMILES string of the molecule is CC(=O)N1[C@@H](C(=O)O)CS[C@@H]1c1c(F)cccc1Cl. The summed E-state index contributed by atoms with van der Waals surface area (Å²) in [5, 5.41) is 8.59. The molecule has 0 unspecified atom stereocenters. The Balaban J connectivity index is 2.45. The van der Waals surface area contributed by atoms with E-state index in [0.717, 1.165) is 4.90 Å². The molecular weight excluding hydrogens is 293 g/mol. The maximum absolute atomic E-state index is 13.9. The van der Waals surface area contributed by atoms with E-state index in [2.05, 4.69) is 0 Å². The molecule has 2 rings (SSSR count). The molecule has 0 aliphatic carbocycles. The highest BCUT2D eigenvalue weighted by Crippen LogP contribution is 2.44. The molecule has 7 heteroatoms. The Morgan fingerprint density at radius 1 is 1.53 bits per heavy atom. The number of halogens is 2. The zero-order chi connectivity index (χ0) is 14.2. The van der Waals surface area contributed by atoms with Crippen LogP contribution in [0.5, 0.6) is 0 Å². The van der Waals surface area contributed by atoms with Crippen LogP contribution in [0.25, 0.3) is 0 Å². The van der Waals surface area contributed by atoms with Gasteiger partial charge in [0.1, 0.15) is 17.2 Å². The van der Waals surface area contributed by atoms with Gasteiger partial charge in [-0.15, -0.1) is 11.8 Å². The number of carbonyl (C=O) groups excluding carboxylic acids is 1. The monoisotopic (exact) mass is 303 g/mol. The molecule has 2 atom stereocenters. The zero-order valence-corrected chi connectivity index (χ0v) is 11.5. The second kappa shape index (κ2) is 5.38. The smallest absolute Gasteiger partial charge is 0.327 e. The van der Waals surface area contributed by atoms with Crippen molar-refractivity contribution in [2.24, 2.45) is 0 Å². The standard InChI is InChI=1S/C12H11ClFNO3S/c1-6(16)15-9(12(17)18)5-19-11(15)10-7(13)3-2-4-8(10)14/h2-4,9,11H,5H2,1H3,(H,17,18)/t9-,11-/m1/s1. The van der Waals surface area contributed by atoms with Crippen LogP contribution in [0.15, 0.2) is 18.2 Å². The number of hydrogen-bond donors (Lipinski definition) is 1. The summed E-state index contributed by atoms with van der Waals surface area (Å²) in [7, 11) is 0. The Kier molecular flexibility index (Phi) is 4.01. The van der Waals surface area contributed by atoms with E-state index in [9.17, 15) is 14.0 Å². The maximum Gasteiger partial charge on any atom is 0.327 e. The molecule has 4 nitrogen and oxygen atoms in total. The summed E-state index contributed by atoms with van der Waals surface area (Å²) in [4.78, 5) is 23.9. The van der Waals surface area contributed by atoms with Crippen LogP contribution in [-0.4, -0.2) is 33.7 Å². The molecule has 0 saturated carbocycles. The van der Waals surface area contributed by atoms with E-state index < -0.39 is 29.1 Å². The Morgan fingerprint density at radius 2 is 2.21 bits per heavy atom. The number of thioether (sulfide) groups is 1. The van der Waals surface area contributed by atoms with Gasteiger partial charge in [0, 0.05) is 23.3 Å². The molecule has 1 heterocycles. The van der Waals surface area contributed by atoms with Crippen LogP contribution < -0.4 is 0 Å². The fraction of sp³-hybridized carbons (Fsp3) is 0.333. The number of hydrogen-bond acceptors (Lipinski definition) is 3. The Hall–Kier alpha value is -1.27. The largest absolute Gasteiger partial charge is 0.480 e. The number of carboxylic acid groups (broad SMARTS) is 1. The quantitative estimate of drug-likeness (QED) is 0.912. The second-order valence-corrected chi connectivity index (χ2v) is 5.62. The molecule has 0 bridgehead atoms. The highest BCUT2D eigenvalue weighted by atomic mass is 35.5. The van der Waals surface area contributed by atoms with Crippen LogP contribution >= 0.6 is 23.4 Å². The predicted molar refractivity (Wildman–Crippen MR) is 70.6 cm³/mol. The van der Waals surface area contributed by atoms with Gasteiger partial charge in [-0.2, -0.15) is 0 Å². The van der Waals surface area contributed by atoms with Crippen molar-refractivity contribution in [2.45, 2.75) is 18.3 Å². The van der Waals surface area contributed by atoms with Gasteiger partial charge in [-0.05, 0) is 12.1 Å². The Bertz CT molecular complexity index is 519. The minimum Gasteiger partial charge on any atom is -0.480 e. The first-order valence-corrected chi connectivity index (χ1v) is 6.93. The number of nitrogens with zero attached hydrogens (tertiary/aromatic N) is 1. The molecule has 1 aliphatic heterocycles. The molecule has 0 aromatic heterocycles. The average molecular weight is 304 g/mol. The van der Waals surface area contributed by atoms with Crippen LogP contribution in [0.3, 0.4) is 0 Å². The normalized spacial score (nSPS) is 22.6. The van der Waals surface area contributed by atoms with Gasteiger partial charge in [-0.1, -0.05) is 17.7 Å². The number of amides is 1. The Morgan fingerprint density at radius 3 is 2.74 bits per heavy atom. The van der Waals surface area contributed by atoms with Gasteiger partial charge in [0.2, 0.25) is 5.91 Å². The van der Waals surface area contributed by atoms with E-state index in [1.807, 2.05) is 0 Å². The van der Waals surface area contributed by atoms with E-state index in [4.69, 9.17) is 16.7 Å². The molecule has 1 aromatic rings. The molecule has 1 aromatic carbocycles. The fourth-order valence-corrected chi connectivity index (χ4v) is 3.91. The van der Waals surface area contributed by atoms with Crippen LogP contribution in [0.2, 0.25) is 5.02 Å². The van der Waals surface area contributed by atoms with Gasteiger partial charge < -0.3 is 10.0 Å². The summed E-state index contributed by atoms with van der Waals surface area (Å²) >= 11 is 7.16. The van der Waals surface area contributed by atoms with Gasteiger partial charge >= 0.3 is 5.97 Å². The number of rotatable bonds is 2. The highest BCUT2D eigenvalue weighted by Gasteiger charge is 2.42. The van der Waals surface area contributed by atoms with Crippen LogP contribution in [0.1, 0.15) is 17.9 Å². The summed E-state index contributed by atoms with van der Waals surface area (Å²) in [5.74, 6) is -1.84. The third-order valence-corrected chi connectivity index (χ3v) is 4.51. The van der Waals surface area contributed by atoms with Crippen LogP contribution in [0.4, 0.5) is 4.39 Å².